The molecule has 6 rings (SSSR count). The smallest absolute Gasteiger partial charge is 0.379 e. The number of thioether (sulfide) groups is 1. The molecule has 3 aliphatic rings. The molecule has 244 valence electrons. The van der Waals surface area contributed by atoms with E-state index >= 15 is 0 Å². The minimum absolute atomic E-state index is 0.00115. The van der Waals surface area contributed by atoms with Gasteiger partial charge in [-0.3, -0.25) is 14.6 Å². The van der Waals surface area contributed by atoms with Gasteiger partial charge in [-0.1, -0.05) is 6.92 Å². The van der Waals surface area contributed by atoms with E-state index in [0.29, 0.717) is 55.8 Å². The van der Waals surface area contributed by atoms with Crippen molar-refractivity contribution in [3.05, 3.63) is 64.2 Å². The number of anilines is 2. The summed E-state index contributed by atoms with van der Waals surface area (Å²) in [5.41, 5.74) is 0.329. The zero-order valence-corrected chi connectivity index (χ0v) is 27.4. The van der Waals surface area contributed by atoms with Crippen molar-refractivity contribution in [1.82, 2.24) is 24.6 Å². The Morgan fingerprint density at radius 3 is 2.53 bits per heavy atom. The van der Waals surface area contributed by atoms with Crippen molar-refractivity contribution in [2.45, 2.75) is 57.8 Å². The van der Waals surface area contributed by atoms with Gasteiger partial charge in [-0.25, -0.2) is 4.98 Å². The van der Waals surface area contributed by atoms with Crippen molar-refractivity contribution in [2.75, 3.05) is 55.6 Å². The van der Waals surface area contributed by atoms with E-state index in [2.05, 4.69) is 32.3 Å². The van der Waals surface area contributed by atoms with Crippen LogP contribution in [0.25, 0.3) is 0 Å². The maximum atomic E-state index is 14.4. The number of hydrogen-bond donors (Lipinski definition) is 1. The van der Waals surface area contributed by atoms with Gasteiger partial charge in [-0.15, -0.1) is 10.2 Å². The molecule has 0 radical (unpaired) electrons. The van der Waals surface area contributed by atoms with Crippen LogP contribution in [-0.4, -0.2) is 75.9 Å². The number of carbonyl (C=O) groups is 1. The van der Waals surface area contributed by atoms with Crippen LogP contribution in [0.1, 0.15) is 65.1 Å². The quantitative estimate of drug-likeness (QED) is 0.342. The third-order valence-electron chi connectivity index (χ3n) is 8.67. The van der Waals surface area contributed by atoms with Gasteiger partial charge in [-0.2, -0.15) is 24.9 Å². The van der Waals surface area contributed by atoms with Crippen LogP contribution in [0.15, 0.2) is 30.6 Å². The molecule has 1 N–H and O–H groups in total. The number of nitrogens with zero attached hydrogens (tertiary/aromatic N) is 6. The molecule has 13 heteroatoms. The number of hydrogen-bond acceptors (Lipinski definition) is 8. The number of nitrogens with one attached hydrogen (secondary N) is 1. The highest BCUT2D eigenvalue weighted by Gasteiger charge is 2.44. The molecule has 9 nitrogen and oxygen atoms in total. The summed E-state index contributed by atoms with van der Waals surface area (Å²) < 4.78 is 50.6. The lowest BCUT2D eigenvalue weighted by Gasteiger charge is -2.42. The van der Waals surface area contributed by atoms with Gasteiger partial charge in [-0.05, 0) is 85.7 Å². The van der Waals surface area contributed by atoms with E-state index < -0.39 is 23.1 Å². The molecule has 45 heavy (non-hydrogen) atoms. The number of piperidine rings is 1. The molecule has 0 aliphatic carbocycles. The maximum absolute atomic E-state index is 14.4. The Hall–Kier alpha value is -3.16. The number of amides is 1. The normalized spacial score (nSPS) is 19.5. The lowest BCUT2D eigenvalue weighted by atomic mass is 9.75. The molecule has 5 heterocycles. The first kappa shape index (κ1) is 33.2. The number of halogens is 3. The standard InChI is InChI=1S/C30H36F3N7O2.C2H6S/c1-4-34-25-10-21(29(16-42-17-29)12-27-37-35-18-38(27)3)11-26(36-25)40-15-23-22(28(40)41)8-20(9-24(23)30(31,32)33)14-39-7-5-6-19(2)13-39;1-3-2/h8-11,18-19H,4-7,12-17H2,1-3H3,(H,34,36);1-2H3/t19-;/m0./s1. The Morgan fingerprint density at radius 2 is 1.93 bits per heavy atom. The zero-order chi connectivity index (χ0) is 32.4. The monoisotopic (exact) mass is 645 g/mol. The fraction of sp³-hybridized carbons (Fsp3) is 0.562. The van der Waals surface area contributed by atoms with Crippen molar-refractivity contribution in [2.24, 2.45) is 13.0 Å². The van der Waals surface area contributed by atoms with Crippen LogP contribution < -0.4 is 10.2 Å². The summed E-state index contributed by atoms with van der Waals surface area (Å²) in [4.78, 5) is 22.0. The number of alkyl halides is 3. The predicted molar refractivity (Wildman–Crippen MR) is 171 cm³/mol. The molecular weight excluding hydrogens is 603 g/mol. The molecule has 2 fully saturated rings. The van der Waals surface area contributed by atoms with E-state index in [1.807, 2.05) is 43.2 Å². The van der Waals surface area contributed by atoms with Gasteiger partial charge in [0.15, 0.2) is 0 Å². The minimum Gasteiger partial charge on any atom is -0.379 e. The van der Waals surface area contributed by atoms with E-state index in [0.717, 1.165) is 37.3 Å². The first-order valence-corrected chi connectivity index (χ1v) is 17.0. The minimum atomic E-state index is -4.58. The highest BCUT2D eigenvalue weighted by Crippen LogP contribution is 2.42. The van der Waals surface area contributed by atoms with Crippen molar-refractivity contribution in [3.63, 3.8) is 0 Å². The van der Waals surface area contributed by atoms with Crippen molar-refractivity contribution < 1.29 is 22.7 Å². The Balaban J connectivity index is 0.00000128. The van der Waals surface area contributed by atoms with Crippen LogP contribution in [0.4, 0.5) is 24.8 Å². The predicted octanol–water partition coefficient (Wildman–Crippen LogP) is 5.54. The topological polar surface area (TPSA) is 88.4 Å². The van der Waals surface area contributed by atoms with Crippen molar-refractivity contribution >= 4 is 29.3 Å². The third kappa shape index (κ3) is 7.15. The number of aryl methyl sites for hydroxylation is 1. The zero-order valence-electron chi connectivity index (χ0n) is 26.6. The Morgan fingerprint density at radius 1 is 1.18 bits per heavy atom. The van der Waals surface area contributed by atoms with Gasteiger partial charge < -0.3 is 14.6 Å². The highest BCUT2D eigenvalue weighted by molar-refractivity contribution is 7.97. The van der Waals surface area contributed by atoms with Crippen LogP contribution in [0.2, 0.25) is 0 Å². The first-order chi connectivity index (χ1) is 21.5. The molecule has 1 aromatic carbocycles. The van der Waals surface area contributed by atoms with Gasteiger partial charge in [0.05, 0.1) is 25.3 Å². The van der Waals surface area contributed by atoms with E-state index in [4.69, 9.17) is 4.74 Å². The van der Waals surface area contributed by atoms with Gasteiger partial charge in [0, 0.05) is 44.1 Å². The van der Waals surface area contributed by atoms with E-state index in [9.17, 15) is 18.0 Å². The van der Waals surface area contributed by atoms with E-state index in [1.54, 1.807) is 24.2 Å². The van der Waals surface area contributed by atoms with Crippen molar-refractivity contribution in [1.29, 1.82) is 0 Å². The average Bonchev–Trinajstić information content (AvgIpc) is 3.52. The molecule has 0 spiro atoms. The highest BCUT2D eigenvalue weighted by atomic mass is 32.2. The Kier molecular flexibility index (Phi) is 10.1. The summed E-state index contributed by atoms with van der Waals surface area (Å²) in [7, 11) is 1.88. The lowest BCUT2D eigenvalue weighted by molar-refractivity contribution is -0.138. The lowest BCUT2D eigenvalue weighted by Crippen LogP contribution is -2.49. The summed E-state index contributed by atoms with van der Waals surface area (Å²) in [6.45, 7) is 7.44. The molecule has 2 saturated heterocycles. The summed E-state index contributed by atoms with van der Waals surface area (Å²) in [6, 6.07) is 6.62. The summed E-state index contributed by atoms with van der Waals surface area (Å²) >= 11 is 1.75. The number of pyridine rings is 1. The van der Waals surface area contributed by atoms with Crippen molar-refractivity contribution in [3.8, 4) is 0 Å². The molecule has 0 saturated carbocycles. The SMILES string of the molecule is CCNc1cc(C2(Cc3nncn3C)COC2)cc(N2Cc3c(cc(CN4CCC[C@H](C)C4)cc3C(F)(F)F)C2=O)n1.CSC. The number of aromatic nitrogens is 4. The fourth-order valence-electron chi connectivity index (χ4n) is 6.41. The summed E-state index contributed by atoms with van der Waals surface area (Å²) in [5, 5.41) is 11.5. The van der Waals surface area contributed by atoms with Gasteiger partial charge in [0.2, 0.25) is 0 Å². The fourth-order valence-corrected chi connectivity index (χ4v) is 6.41. The second kappa shape index (κ2) is 13.7. The summed E-state index contributed by atoms with van der Waals surface area (Å²) in [5.74, 6) is 1.68. The van der Waals surface area contributed by atoms with Crippen LogP contribution in [0.3, 0.4) is 0 Å². The third-order valence-corrected chi connectivity index (χ3v) is 8.67. The van der Waals surface area contributed by atoms with Crippen LogP contribution in [-0.2, 0) is 42.9 Å². The number of rotatable bonds is 8. The summed E-state index contributed by atoms with van der Waals surface area (Å²) in [6.07, 6.45) is 3.84. The molecule has 2 aromatic heterocycles. The molecule has 1 atom stereocenters. The molecule has 3 aliphatic heterocycles. The number of fused-ring (bicyclic) bond motifs is 1. The largest absolute Gasteiger partial charge is 0.416 e. The Labute approximate surface area is 266 Å². The molecule has 0 bridgehead atoms. The molecule has 3 aromatic rings. The second-order valence-electron chi connectivity index (χ2n) is 12.4. The Bertz CT molecular complexity index is 1510. The molecule has 0 unspecified atom stereocenters. The van der Waals surface area contributed by atoms with Gasteiger partial charge in [0.1, 0.15) is 23.8 Å². The second-order valence-corrected chi connectivity index (χ2v) is 13.2. The van der Waals surface area contributed by atoms with Crippen LogP contribution in [0.5, 0.6) is 0 Å². The number of carbonyl (C=O) groups excluding carboxylic acids is 1. The van der Waals surface area contributed by atoms with E-state index in [1.165, 1.54) is 11.0 Å². The van der Waals surface area contributed by atoms with Gasteiger partial charge in [0.25, 0.3) is 5.91 Å². The first-order valence-electron chi connectivity index (χ1n) is 15.3. The number of ether oxygens (including phenoxy) is 1. The van der Waals surface area contributed by atoms with Crippen LogP contribution >= 0.6 is 11.8 Å². The number of likely N-dealkylation sites (tertiary alicyclic amines) is 1. The van der Waals surface area contributed by atoms with Gasteiger partial charge >= 0.3 is 6.18 Å². The molecule has 1 amide bonds. The van der Waals surface area contributed by atoms with Crippen LogP contribution in [0, 0.1) is 5.92 Å². The average molecular weight is 646 g/mol. The maximum Gasteiger partial charge on any atom is 0.416 e. The molecular formula is C32H42F3N7O2S. The van der Waals surface area contributed by atoms with E-state index in [-0.39, 0.29) is 17.7 Å². The number of benzene rings is 1.